The second-order valence-electron chi connectivity index (χ2n) is 3.75. The number of nitrogens with zero attached hydrogens (tertiary/aromatic N) is 1. The lowest BCUT2D eigenvalue weighted by molar-refractivity contribution is -0.140. The molecule has 0 bridgehead atoms. The van der Waals surface area contributed by atoms with Crippen molar-refractivity contribution in [3.05, 3.63) is 32.7 Å². The van der Waals surface area contributed by atoms with Crippen LogP contribution < -0.4 is 5.56 Å². The summed E-state index contributed by atoms with van der Waals surface area (Å²) in [6.45, 7) is 3.47. The number of aromatic amines is 1. The van der Waals surface area contributed by atoms with E-state index in [0.29, 0.717) is 17.7 Å². The smallest absolute Gasteiger partial charge is 0.305 e. The number of hydrogen-bond donors (Lipinski definition) is 1. The number of hydrogen-bond acceptors (Lipinski definition) is 4. The lowest BCUT2D eigenvalue weighted by Gasteiger charge is -2.09. The van der Waals surface area contributed by atoms with Gasteiger partial charge in [0.1, 0.15) is 11.6 Å². The monoisotopic (exact) mass is 234 g/mol. The number of nitrogens with one attached hydrogen (secondary N) is 1. The highest BCUT2D eigenvalue weighted by atomic mass is 16.5. The second kappa shape index (κ2) is 5.30. The molecule has 0 aliphatic rings. The van der Waals surface area contributed by atoms with E-state index in [2.05, 4.69) is 9.72 Å². The minimum absolute atomic E-state index is 0.107. The number of esters is 1. The van der Waals surface area contributed by atoms with E-state index in [4.69, 9.17) is 5.26 Å². The fourth-order valence-corrected chi connectivity index (χ4v) is 1.75. The van der Waals surface area contributed by atoms with Gasteiger partial charge in [0.15, 0.2) is 0 Å². The highest BCUT2D eigenvalue weighted by Gasteiger charge is 2.13. The van der Waals surface area contributed by atoms with Crippen molar-refractivity contribution in [1.29, 1.82) is 5.26 Å². The van der Waals surface area contributed by atoms with Crippen molar-refractivity contribution >= 4 is 5.97 Å². The lowest BCUT2D eigenvalue weighted by atomic mass is 9.99. The van der Waals surface area contributed by atoms with Crippen LogP contribution in [0.4, 0.5) is 0 Å². The molecule has 0 radical (unpaired) electrons. The second-order valence-corrected chi connectivity index (χ2v) is 3.75. The molecule has 0 atom stereocenters. The fraction of sp³-hybridized carbons (Fsp3) is 0.417. The van der Waals surface area contributed by atoms with Crippen LogP contribution in [0.2, 0.25) is 0 Å². The molecule has 90 valence electrons. The van der Waals surface area contributed by atoms with Gasteiger partial charge in [-0.3, -0.25) is 9.59 Å². The predicted molar refractivity (Wildman–Crippen MR) is 61.6 cm³/mol. The number of aromatic nitrogens is 1. The van der Waals surface area contributed by atoms with Gasteiger partial charge in [0, 0.05) is 12.1 Å². The van der Waals surface area contributed by atoms with Gasteiger partial charge < -0.3 is 9.72 Å². The highest BCUT2D eigenvalue weighted by Crippen LogP contribution is 2.14. The van der Waals surface area contributed by atoms with E-state index in [1.54, 1.807) is 13.8 Å². The molecule has 1 rings (SSSR count). The number of H-pyrrole nitrogens is 1. The van der Waals surface area contributed by atoms with Crippen molar-refractivity contribution in [1.82, 2.24) is 4.98 Å². The van der Waals surface area contributed by atoms with E-state index >= 15 is 0 Å². The van der Waals surface area contributed by atoms with Gasteiger partial charge in [-0.05, 0) is 31.4 Å². The Bertz CT molecular complexity index is 538. The average Bonchev–Trinajstić information content (AvgIpc) is 2.28. The Morgan fingerprint density at radius 1 is 1.47 bits per heavy atom. The molecule has 0 aromatic carbocycles. The normalized spacial score (nSPS) is 9.76. The van der Waals surface area contributed by atoms with Crippen molar-refractivity contribution in [2.24, 2.45) is 0 Å². The minimum atomic E-state index is -0.385. The Kier molecular flexibility index (Phi) is 4.05. The highest BCUT2D eigenvalue weighted by molar-refractivity contribution is 5.69. The van der Waals surface area contributed by atoms with Crippen LogP contribution in [0.5, 0.6) is 0 Å². The maximum Gasteiger partial charge on any atom is 0.305 e. The van der Waals surface area contributed by atoms with Gasteiger partial charge in [0.05, 0.1) is 7.11 Å². The molecular weight excluding hydrogens is 220 g/mol. The van der Waals surface area contributed by atoms with Crippen LogP contribution in [-0.4, -0.2) is 18.1 Å². The quantitative estimate of drug-likeness (QED) is 0.790. The van der Waals surface area contributed by atoms with E-state index in [1.165, 1.54) is 7.11 Å². The standard InChI is InChI=1S/C12H14N2O3/c1-7-9(4-5-11(15)17-3)8(2)14-12(16)10(7)6-13/h4-5H2,1-3H3,(H,14,16). The molecule has 5 nitrogen and oxygen atoms in total. The SMILES string of the molecule is COC(=O)CCc1c(C)[nH]c(=O)c(C#N)c1C. The van der Waals surface area contributed by atoms with Crippen molar-refractivity contribution in [3.63, 3.8) is 0 Å². The molecule has 17 heavy (non-hydrogen) atoms. The maximum atomic E-state index is 11.5. The first-order valence-corrected chi connectivity index (χ1v) is 5.20. The molecule has 0 saturated heterocycles. The van der Waals surface area contributed by atoms with Crippen LogP contribution >= 0.6 is 0 Å². The number of ether oxygens (including phenoxy) is 1. The van der Waals surface area contributed by atoms with Crippen molar-refractivity contribution in [3.8, 4) is 6.07 Å². The maximum absolute atomic E-state index is 11.5. The molecule has 0 fully saturated rings. The van der Waals surface area contributed by atoms with Gasteiger partial charge in [-0.15, -0.1) is 0 Å². The van der Waals surface area contributed by atoms with Gasteiger partial charge in [0.2, 0.25) is 0 Å². The number of nitriles is 1. The molecule has 0 saturated carbocycles. The molecule has 1 N–H and O–H groups in total. The number of pyridine rings is 1. The molecule has 0 aliphatic carbocycles. The van der Waals surface area contributed by atoms with Gasteiger partial charge in [-0.1, -0.05) is 0 Å². The largest absolute Gasteiger partial charge is 0.469 e. The van der Waals surface area contributed by atoms with Crippen LogP contribution in [0, 0.1) is 25.2 Å². The topological polar surface area (TPSA) is 83.0 Å². The molecular formula is C12H14N2O3. The number of aryl methyl sites for hydroxylation is 1. The molecule has 1 heterocycles. The number of carbonyl (C=O) groups is 1. The Morgan fingerprint density at radius 3 is 2.65 bits per heavy atom. The van der Waals surface area contributed by atoms with Crippen molar-refractivity contribution in [2.75, 3.05) is 7.11 Å². The molecule has 5 heteroatoms. The van der Waals surface area contributed by atoms with Gasteiger partial charge in [-0.25, -0.2) is 0 Å². The number of rotatable bonds is 3. The Balaban J connectivity index is 3.13. The van der Waals surface area contributed by atoms with Gasteiger partial charge in [-0.2, -0.15) is 5.26 Å². The van der Waals surface area contributed by atoms with Crippen LogP contribution in [0.3, 0.4) is 0 Å². The number of carbonyl (C=O) groups excluding carboxylic acids is 1. The van der Waals surface area contributed by atoms with Crippen LogP contribution in [0.15, 0.2) is 4.79 Å². The van der Waals surface area contributed by atoms with Crippen LogP contribution in [0.25, 0.3) is 0 Å². The lowest BCUT2D eigenvalue weighted by Crippen LogP contribution is -2.17. The zero-order chi connectivity index (χ0) is 13.0. The van der Waals surface area contributed by atoms with E-state index in [1.807, 2.05) is 6.07 Å². The Labute approximate surface area is 99.0 Å². The summed E-state index contributed by atoms with van der Waals surface area (Å²) >= 11 is 0. The Morgan fingerprint density at radius 2 is 2.12 bits per heavy atom. The molecule has 1 aromatic heterocycles. The van der Waals surface area contributed by atoms with Crippen molar-refractivity contribution in [2.45, 2.75) is 26.7 Å². The van der Waals surface area contributed by atoms with E-state index in [-0.39, 0.29) is 23.5 Å². The molecule has 0 amide bonds. The fourth-order valence-electron chi connectivity index (χ4n) is 1.75. The van der Waals surface area contributed by atoms with E-state index in [0.717, 1.165) is 5.56 Å². The van der Waals surface area contributed by atoms with E-state index in [9.17, 15) is 9.59 Å². The molecule has 0 aliphatic heterocycles. The summed E-state index contributed by atoms with van der Waals surface area (Å²) in [5, 5.41) is 8.88. The van der Waals surface area contributed by atoms with Crippen LogP contribution in [-0.2, 0) is 16.0 Å². The number of methoxy groups -OCH3 is 1. The summed E-state index contributed by atoms with van der Waals surface area (Å²) in [6.07, 6.45) is 0.685. The third-order valence-corrected chi connectivity index (χ3v) is 2.73. The molecule has 0 spiro atoms. The zero-order valence-electron chi connectivity index (χ0n) is 10.1. The summed E-state index contributed by atoms with van der Waals surface area (Å²) in [5.41, 5.74) is 1.87. The first kappa shape index (κ1) is 13.0. The first-order valence-electron chi connectivity index (χ1n) is 5.20. The zero-order valence-corrected chi connectivity index (χ0v) is 10.1. The third-order valence-electron chi connectivity index (χ3n) is 2.73. The predicted octanol–water partition coefficient (Wildman–Crippen LogP) is 0.969. The third kappa shape index (κ3) is 2.72. The summed E-state index contributed by atoms with van der Waals surface area (Å²) in [7, 11) is 1.33. The minimum Gasteiger partial charge on any atom is -0.469 e. The first-order chi connectivity index (χ1) is 8.01. The molecule has 1 aromatic rings. The summed E-state index contributed by atoms with van der Waals surface area (Å²) in [4.78, 5) is 25.1. The summed E-state index contributed by atoms with van der Waals surface area (Å²) in [6, 6.07) is 1.87. The van der Waals surface area contributed by atoms with Crippen molar-refractivity contribution < 1.29 is 9.53 Å². The molecule has 0 unspecified atom stereocenters. The summed E-state index contributed by atoms with van der Waals surface area (Å²) in [5.74, 6) is -0.312. The average molecular weight is 234 g/mol. The van der Waals surface area contributed by atoms with Crippen LogP contribution in [0.1, 0.15) is 28.8 Å². The van der Waals surface area contributed by atoms with E-state index < -0.39 is 0 Å². The summed E-state index contributed by atoms with van der Waals surface area (Å²) < 4.78 is 4.56. The van der Waals surface area contributed by atoms with Gasteiger partial charge in [0.25, 0.3) is 5.56 Å². The van der Waals surface area contributed by atoms with Gasteiger partial charge >= 0.3 is 5.97 Å². The Hall–Kier alpha value is -2.09.